The van der Waals surface area contributed by atoms with Crippen molar-refractivity contribution in [3.63, 3.8) is 0 Å². The van der Waals surface area contributed by atoms with E-state index in [4.69, 9.17) is 9.47 Å². The van der Waals surface area contributed by atoms with Crippen LogP contribution in [0.1, 0.15) is 26.3 Å². The van der Waals surface area contributed by atoms with Crippen molar-refractivity contribution in [2.75, 3.05) is 31.3 Å². The Kier molecular flexibility index (Phi) is 5.90. The SMILES string of the molecule is COCCS(=O)(=O)Nc1cc(C(C)(C)C)cc(N=O)c1OC. The number of methoxy groups -OCH3 is 2. The van der Waals surface area contributed by atoms with Crippen molar-refractivity contribution in [1.29, 1.82) is 0 Å². The van der Waals surface area contributed by atoms with E-state index in [0.29, 0.717) is 0 Å². The van der Waals surface area contributed by atoms with E-state index in [-0.39, 0.29) is 34.9 Å². The van der Waals surface area contributed by atoms with Crippen molar-refractivity contribution < 1.29 is 17.9 Å². The average molecular weight is 330 g/mol. The fraction of sp³-hybridized carbons (Fsp3) is 0.571. The Morgan fingerprint density at radius 3 is 2.32 bits per heavy atom. The molecule has 0 atom stereocenters. The predicted molar refractivity (Wildman–Crippen MR) is 86.4 cm³/mol. The normalized spacial score (nSPS) is 12.0. The van der Waals surface area contributed by atoms with Crippen molar-refractivity contribution in [3.05, 3.63) is 22.6 Å². The summed E-state index contributed by atoms with van der Waals surface area (Å²) in [5.74, 6) is -0.0972. The van der Waals surface area contributed by atoms with Crippen LogP contribution in [0, 0.1) is 4.91 Å². The first-order valence-electron chi connectivity index (χ1n) is 6.70. The fourth-order valence-electron chi connectivity index (χ4n) is 1.82. The number of anilines is 1. The van der Waals surface area contributed by atoms with Crippen molar-refractivity contribution in [3.8, 4) is 5.75 Å². The number of nitroso groups, excluding NO2 is 1. The van der Waals surface area contributed by atoms with Crippen molar-refractivity contribution in [2.45, 2.75) is 26.2 Å². The molecule has 0 bridgehead atoms. The number of hydrogen-bond donors (Lipinski definition) is 1. The lowest BCUT2D eigenvalue weighted by atomic mass is 9.86. The van der Waals surface area contributed by atoms with Gasteiger partial charge < -0.3 is 9.47 Å². The molecule has 7 nitrogen and oxygen atoms in total. The molecule has 0 saturated carbocycles. The first-order chi connectivity index (χ1) is 10.1. The molecule has 0 aromatic heterocycles. The van der Waals surface area contributed by atoms with E-state index in [1.165, 1.54) is 14.2 Å². The van der Waals surface area contributed by atoms with Gasteiger partial charge in [-0.3, -0.25) is 4.72 Å². The predicted octanol–water partition coefficient (Wildman–Crippen LogP) is 2.78. The van der Waals surface area contributed by atoms with E-state index < -0.39 is 10.0 Å². The number of rotatable bonds is 7. The summed E-state index contributed by atoms with van der Waals surface area (Å²) in [5, 5.41) is 2.93. The molecule has 22 heavy (non-hydrogen) atoms. The summed E-state index contributed by atoms with van der Waals surface area (Å²) in [6.45, 7) is 5.92. The number of hydrogen-bond acceptors (Lipinski definition) is 6. The molecule has 1 aromatic carbocycles. The van der Waals surface area contributed by atoms with Gasteiger partial charge in [-0.15, -0.1) is 4.91 Å². The van der Waals surface area contributed by atoms with Gasteiger partial charge in [-0.2, -0.15) is 0 Å². The van der Waals surface area contributed by atoms with Gasteiger partial charge in [0, 0.05) is 7.11 Å². The third-order valence-corrected chi connectivity index (χ3v) is 4.29. The van der Waals surface area contributed by atoms with Crippen molar-refractivity contribution in [2.24, 2.45) is 5.18 Å². The lowest BCUT2D eigenvalue weighted by Crippen LogP contribution is -2.21. The van der Waals surface area contributed by atoms with Crippen LogP contribution in [-0.4, -0.2) is 35.0 Å². The Labute approximate surface area is 131 Å². The molecule has 0 heterocycles. The van der Waals surface area contributed by atoms with Crippen molar-refractivity contribution in [1.82, 2.24) is 0 Å². The van der Waals surface area contributed by atoms with Crippen molar-refractivity contribution >= 4 is 21.4 Å². The molecule has 0 amide bonds. The summed E-state index contributed by atoms with van der Waals surface area (Å²) in [6, 6.07) is 3.25. The Bertz CT molecular complexity index is 635. The highest BCUT2D eigenvalue weighted by Gasteiger charge is 2.22. The van der Waals surface area contributed by atoms with E-state index in [0.717, 1.165) is 5.56 Å². The average Bonchev–Trinajstić information content (AvgIpc) is 2.42. The first kappa shape index (κ1) is 18.4. The van der Waals surface area contributed by atoms with E-state index >= 15 is 0 Å². The largest absolute Gasteiger partial charge is 0.492 e. The highest BCUT2D eigenvalue weighted by molar-refractivity contribution is 7.92. The van der Waals surface area contributed by atoms with Crippen LogP contribution in [-0.2, 0) is 20.2 Å². The van der Waals surface area contributed by atoms with E-state index in [2.05, 4.69) is 9.90 Å². The van der Waals surface area contributed by atoms with Gasteiger partial charge in [0.1, 0.15) is 0 Å². The summed E-state index contributed by atoms with van der Waals surface area (Å²) in [5.41, 5.74) is 0.741. The molecule has 1 N–H and O–H groups in total. The minimum absolute atomic E-state index is 0.0550. The Morgan fingerprint density at radius 2 is 1.86 bits per heavy atom. The Hall–Kier alpha value is -1.67. The zero-order chi connectivity index (χ0) is 17.0. The van der Waals surface area contributed by atoms with Gasteiger partial charge in [0.15, 0.2) is 11.4 Å². The first-order valence-corrected chi connectivity index (χ1v) is 8.35. The smallest absolute Gasteiger partial charge is 0.235 e. The van der Waals surface area contributed by atoms with E-state index in [9.17, 15) is 13.3 Å². The molecular weight excluding hydrogens is 308 g/mol. The minimum atomic E-state index is -3.62. The van der Waals surface area contributed by atoms with Crippen LogP contribution in [0.4, 0.5) is 11.4 Å². The maximum Gasteiger partial charge on any atom is 0.235 e. The quantitative estimate of drug-likeness (QED) is 0.776. The molecule has 0 aliphatic heterocycles. The second-order valence-corrected chi connectivity index (χ2v) is 7.67. The second kappa shape index (κ2) is 7.06. The molecule has 0 radical (unpaired) electrons. The highest BCUT2D eigenvalue weighted by atomic mass is 32.2. The number of nitrogens with zero attached hydrogens (tertiary/aromatic N) is 1. The summed E-state index contributed by atoms with van der Waals surface area (Å²) >= 11 is 0. The van der Waals surface area contributed by atoms with Crippen LogP contribution >= 0.6 is 0 Å². The molecule has 0 fully saturated rings. The molecule has 0 unspecified atom stereocenters. The third-order valence-electron chi connectivity index (χ3n) is 3.06. The maximum absolute atomic E-state index is 12.0. The number of ether oxygens (including phenoxy) is 2. The van der Waals surface area contributed by atoms with Crippen LogP contribution in [0.3, 0.4) is 0 Å². The molecule has 1 aromatic rings. The highest BCUT2D eigenvalue weighted by Crippen LogP contribution is 2.40. The zero-order valence-electron chi connectivity index (χ0n) is 13.5. The van der Waals surface area contributed by atoms with E-state index in [1.807, 2.05) is 20.8 Å². The lowest BCUT2D eigenvalue weighted by molar-refractivity contribution is 0.217. The number of sulfonamides is 1. The van der Waals surface area contributed by atoms with Crippen LogP contribution in [0.5, 0.6) is 5.75 Å². The lowest BCUT2D eigenvalue weighted by Gasteiger charge is -2.22. The molecule has 1 rings (SSSR count). The van der Waals surface area contributed by atoms with Crippen LogP contribution < -0.4 is 9.46 Å². The van der Waals surface area contributed by atoms with Gasteiger partial charge in [0.25, 0.3) is 0 Å². The number of benzene rings is 1. The summed E-state index contributed by atoms with van der Waals surface area (Å²) in [7, 11) is -0.839. The molecule has 8 heteroatoms. The van der Waals surface area contributed by atoms with Gasteiger partial charge >= 0.3 is 0 Å². The zero-order valence-corrected chi connectivity index (χ0v) is 14.3. The van der Waals surface area contributed by atoms with Gasteiger partial charge in [-0.25, -0.2) is 8.42 Å². The van der Waals surface area contributed by atoms with Gasteiger partial charge in [0.05, 0.1) is 25.2 Å². The Balaban J connectivity index is 3.35. The molecule has 0 aliphatic rings. The Morgan fingerprint density at radius 1 is 1.23 bits per heavy atom. The summed E-state index contributed by atoms with van der Waals surface area (Å²) in [4.78, 5) is 11.0. The molecule has 124 valence electrons. The van der Waals surface area contributed by atoms with Gasteiger partial charge in [0.2, 0.25) is 10.0 Å². The second-order valence-electron chi connectivity index (χ2n) is 5.83. The molecular formula is C14H22N2O5S. The van der Waals surface area contributed by atoms with Gasteiger partial charge in [-0.05, 0) is 28.3 Å². The fourth-order valence-corrected chi connectivity index (χ4v) is 2.79. The van der Waals surface area contributed by atoms with Crippen LogP contribution in [0.2, 0.25) is 0 Å². The van der Waals surface area contributed by atoms with E-state index in [1.54, 1.807) is 12.1 Å². The van der Waals surface area contributed by atoms with Crippen LogP contribution in [0.25, 0.3) is 0 Å². The topological polar surface area (TPSA) is 94.1 Å². The van der Waals surface area contributed by atoms with Crippen LogP contribution in [0.15, 0.2) is 17.3 Å². The summed E-state index contributed by atoms with van der Waals surface area (Å²) in [6.07, 6.45) is 0. The maximum atomic E-state index is 12.0. The molecule has 0 aliphatic carbocycles. The molecule has 0 saturated heterocycles. The number of nitrogens with one attached hydrogen (secondary N) is 1. The summed E-state index contributed by atoms with van der Waals surface area (Å²) < 4.78 is 36.4. The standard InChI is InChI=1S/C14H22N2O5S/c1-14(2,3)10-8-11(15-17)13(21-5)12(9-10)16-22(18,19)7-6-20-4/h8-9,16H,6-7H2,1-5H3. The van der Waals surface area contributed by atoms with Gasteiger partial charge in [-0.1, -0.05) is 20.8 Å². The monoisotopic (exact) mass is 330 g/mol. The third kappa shape index (κ3) is 4.67. The molecule has 0 spiro atoms. The minimum Gasteiger partial charge on any atom is -0.492 e.